The molecule has 1 unspecified atom stereocenters. The second kappa shape index (κ2) is 5.60. The summed E-state index contributed by atoms with van der Waals surface area (Å²) in [6.45, 7) is 3.77. The van der Waals surface area contributed by atoms with Crippen molar-refractivity contribution in [1.82, 2.24) is 0 Å². The summed E-state index contributed by atoms with van der Waals surface area (Å²) in [5.74, 6) is -2.12. The summed E-state index contributed by atoms with van der Waals surface area (Å²) in [6, 6.07) is 0. The van der Waals surface area contributed by atoms with Gasteiger partial charge in [-0.3, -0.25) is 0 Å². The molecule has 0 aromatic heterocycles. The smallest absolute Gasteiger partial charge is 0.170 e. The van der Waals surface area contributed by atoms with Gasteiger partial charge in [0, 0.05) is 0 Å². The Bertz CT molecular complexity index is 305. The van der Waals surface area contributed by atoms with Crippen LogP contribution in [0.5, 0.6) is 0 Å². The zero-order valence-electron chi connectivity index (χ0n) is 9.71. The van der Waals surface area contributed by atoms with Crippen molar-refractivity contribution in [1.29, 1.82) is 0 Å². The van der Waals surface area contributed by atoms with Crippen molar-refractivity contribution < 1.29 is 26.3 Å². The van der Waals surface area contributed by atoms with Crippen LogP contribution in [-0.2, 0) is 0 Å². The van der Waals surface area contributed by atoms with E-state index in [9.17, 15) is 26.3 Å². The van der Waals surface area contributed by atoms with Gasteiger partial charge in [-0.05, 0) is 13.3 Å². The summed E-state index contributed by atoms with van der Waals surface area (Å²) < 4.78 is 74.0. The molecule has 0 saturated carbocycles. The van der Waals surface area contributed by atoms with Gasteiger partial charge in [-0.25, -0.2) is 0 Å². The molecule has 0 aliphatic carbocycles. The molecular weight excluding hydrogens is 246 g/mol. The maximum atomic E-state index is 12.5. The maximum absolute atomic E-state index is 12.5. The van der Waals surface area contributed by atoms with Crippen molar-refractivity contribution in [2.24, 2.45) is 5.92 Å². The van der Waals surface area contributed by atoms with E-state index in [1.165, 1.54) is 6.92 Å². The highest BCUT2D eigenvalue weighted by Gasteiger charge is 2.38. The van der Waals surface area contributed by atoms with Crippen LogP contribution < -0.4 is 0 Å². The molecule has 0 spiro atoms. The lowest BCUT2D eigenvalue weighted by atomic mass is 10.0. The standard InChI is InChI=1S/C11H14F6/c1-4-7(2)5-9(11(15,16)17)6-8(3)10(12,13)14/h5-6,8H,4H2,1-3H3/b7-5-,9-6+. The summed E-state index contributed by atoms with van der Waals surface area (Å²) in [4.78, 5) is 0. The third-order valence-corrected chi connectivity index (χ3v) is 2.23. The highest BCUT2D eigenvalue weighted by molar-refractivity contribution is 5.28. The van der Waals surface area contributed by atoms with E-state index < -0.39 is 23.8 Å². The minimum absolute atomic E-state index is 0.208. The predicted octanol–water partition coefficient (Wildman–Crippen LogP) is 5.03. The van der Waals surface area contributed by atoms with Crippen molar-refractivity contribution >= 4 is 0 Å². The molecule has 0 aliphatic rings. The van der Waals surface area contributed by atoms with Gasteiger partial charge >= 0.3 is 12.4 Å². The fourth-order valence-electron chi connectivity index (χ4n) is 0.956. The van der Waals surface area contributed by atoms with Gasteiger partial charge in [0.05, 0.1) is 11.5 Å². The van der Waals surface area contributed by atoms with Gasteiger partial charge in [0.1, 0.15) is 0 Å². The third kappa shape index (κ3) is 5.79. The van der Waals surface area contributed by atoms with Crippen LogP contribution in [-0.4, -0.2) is 12.4 Å². The van der Waals surface area contributed by atoms with Crippen molar-refractivity contribution in [2.75, 3.05) is 0 Å². The Morgan fingerprint density at radius 2 is 1.59 bits per heavy atom. The molecule has 0 radical (unpaired) electrons. The summed E-state index contributed by atoms with van der Waals surface area (Å²) in [6.07, 6.45) is -8.12. The van der Waals surface area contributed by atoms with Gasteiger partial charge in [0.15, 0.2) is 0 Å². The topological polar surface area (TPSA) is 0 Å². The molecule has 0 aliphatic heterocycles. The quantitative estimate of drug-likeness (QED) is 0.493. The van der Waals surface area contributed by atoms with Crippen LogP contribution in [0.2, 0.25) is 0 Å². The molecule has 0 heterocycles. The SMILES string of the molecule is CC/C(C)=C\C(=C/C(C)C(F)(F)F)C(F)(F)F. The van der Waals surface area contributed by atoms with E-state index in [0.717, 1.165) is 6.08 Å². The summed E-state index contributed by atoms with van der Waals surface area (Å²) in [7, 11) is 0. The van der Waals surface area contributed by atoms with Crippen LogP contribution in [0.1, 0.15) is 27.2 Å². The van der Waals surface area contributed by atoms with Crippen molar-refractivity contribution in [3.63, 3.8) is 0 Å². The third-order valence-electron chi connectivity index (χ3n) is 2.23. The first-order valence-corrected chi connectivity index (χ1v) is 5.01. The van der Waals surface area contributed by atoms with Crippen molar-refractivity contribution in [3.8, 4) is 0 Å². The van der Waals surface area contributed by atoms with Crippen molar-refractivity contribution in [2.45, 2.75) is 39.5 Å². The van der Waals surface area contributed by atoms with E-state index in [-0.39, 0.29) is 6.08 Å². The Kier molecular flexibility index (Phi) is 5.29. The monoisotopic (exact) mass is 260 g/mol. The maximum Gasteiger partial charge on any atom is 0.416 e. The van der Waals surface area contributed by atoms with Gasteiger partial charge in [-0.2, -0.15) is 26.3 Å². The largest absolute Gasteiger partial charge is 0.416 e. The van der Waals surface area contributed by atoms with Crippen LogP contribution >= 0.6 is 0 Å². The van der Waals surface area contributed by atoms with Crippen LogP contribution in [0, 0.1) is 5.92 Å². The molecule has 0 rings (SSSR count). The van der Waals surface area contributed by atoms with Crippen LogP contribution in [0.4, 0.5) is 26.3 Å². The minimum Gasteiger partial charge on any atom is -0.170 e. The van der Waals surface area contributed by atoms with E-state index in [2.05, 4.69) is 0 Å². The Morgan fingerprint density at radius 3 is 1.88 bits per heavy atom. The molecule has 17 heavy (non-hydrogen) atoms. The molecule has 0 aromatic carbocycles. The molecule has 0 nitrogen and oxygen atoms in total. The van der Waals surface area contributed by atoms with Crippen molar-refractivity contribution in [3.05, 3.63) is 23.3 Å². The molecule has 0 amide bonds. The van der Waals surface area contributed by atoms with Crippen LogP contribution in [0.3, 0.4) is 0 Å². The second-order valence-corrected chi connectivity index (χ2v) is 3.79. The van der Waals surface area contributed by atoms with Gasteiger partial charge < -0.3 is 0 Å². The highest BCUT2D eigenvalue weighted by atomic mass is 19.4. The number of rotatable bonds is 3. The number of hydrogen-bond donors (Lipinski definition) is 0. The molecule has 0 N–H and O–H groups in total. The first kappa shape index (κ1) is 16.1. The fourth-order valence-corrected chi connectivity index (χ4v) is 0.956. The molecule has 100 valence electrons. The van der Waals surface area contributed by atoms with Gasteiger partial charge in [0.2, 0.25) is 0 Å². The molecule has 1 atom stereocenters. The lowest BCUT2D eigenvalue weighted by molar-refractivity contribution is -0.157. The summed E-state index contributed by atoms with van der Waals surface area (Å²) in [5.41, 5.74) is -0.871. The van der Waals surface area contributed by atoms with E-state index in [4.69, 9.17) is 0 Å². The second-order valence-electron chi connectivity index (χ2n) is 3.79. The molecule has 6 heteroatoms. The Morgan fingerprint density at radius 1 is 1.12 bits per heavy atom. The average molecular weight is 260 g/mol. The number of hydrogen-bond acceptors (Lipinski definition) is 0. The first-order chi connectivity index (χ1) is 7.48. The van der Waals surface area contributed by atoms with E-state index in [0.29, 0.717) is 18.9 Å². The Hall–Kier alpha value is -0.940. The Balaban J connectivity index is 5.29. The van der Waals surface area contributed by atoms with Crippen LogP contribution in [0.25, 0.3) is 0 Å². The lowest BCUT2D eigenvalue weighted by Gasteiger charge is -2.15. The van der Waals surface area contributed by atoms with E-state index in [1.54, 1.807) is 6.92 Å². The Labute approximate surface area is 96.0 Å². The first-order valence-electron chi connectivity index (χ1n) is 5.01. The zero-order chi connectivity index (χ0) is 13.9. The molecule has 0 fully saturated rings. The average Bonchev–Trinajstić information content (AvgIpc) is 2.13. The van der Waals surface area contributed by atoms with Gasteiger partial charge in [-0.1, -0.05) is 31.6 Å². The number of allylic oxidation sites excluding steroid dienone is 4. The predicted molar refractivity (Wildman–Crippen MR) is 53.4 cm³/mol. The summed E-state index contributed by atoms with van der Waals surface area (Å²) >= 11 is 0. The lowest BCUT2D eigenvalue weighted by Crippen LogP contribution is -2.20. The molecule has 0 aromatic rings. The number of halogens is 6. The van der Waals surface area contributed by atoms with Gasteiger partial charge in [0.25, 0.3) is 0 Å². The molecular formula is C11H14F6. The number of alkyl halides is 6. The highest BCUT2D eigenvalue weighted by Crippen LogP contribution is 2.33. The zero-order valence-corrected chi connectivity index (χ0v) is 9.71. The fraction of sp³-hybridized carbons (Fsp3) is 0.636. The van der Waals surface area contributed by atoms with Crippen LogP contribution in [0.15, 0.2) is 23.3 Å². The van der Waals surface area contributed by atoms with E-state index in [1.807, 2.05) is 0 Å². The molecule has 0 bridgehead atoms. The van der Waals surface area contributed by atoms with E-state index >= 15 is 0 Å². The van der Waals surface area contributed by atoms with Gasteiger partial charge in [-0.15, -0.1) is 0 Å². The minimum atomic E-state index is -4.77. The summed E-state index contributed by atoms with van der Waals surface area (Å²) in [5, 5.41) is 0. The molecule has 0 saturated heterocycles. The normalized spacial score (nSPS) is 17.2.